The average molecular weight is 283 g/mol. The highest BCUT2D eigenvalue weighted by Crippen LogP contribution is 2.39. The normalized spacial score (nSPS) is 16.1. The molecule has 18 heavy (non-hydrogen) atoms. The van der Waals surface area contributed by atoms with E-state index in [2.05, 4.69) is 20.4 Å². The summed E-state index contributed by atoms with van der Waals surface area (Å²) in [5.74, 6) is 1.42. The lowest BCUT2D eigenvalue weighted by molar-refractivity contribution is 0.807. The zero-order valence-corrected chi connectivity index (χ0v) is 11.7. The van der Waals surface area contributed by atoms with E-state index >= 15 is 0 Å². The molecule has 0 aliphatic heterocycles. The van der Waals surface area contributed by atoms with Gasteiger partial charge in [0.15, 0.2) is 5.82 Å². The zero-order chi connectivity index (χ0) is 11.8. The van der Waals surface area contributed by atoms with Crippen molar-refractivity contribution in [3.05, 3.63) is 29.0 Å². The smallest absolute Gasteiger partial charge is 0.173 e. The Hall–Kier alpha value is -1.04. The van der Waals surface area contributed by atoms with Crippen LogP contribution in [0, 0.1) is 0 Å². The molecule has 0 spiro atoms. The van der Waals surface area contributed by atoms with Gasteiger partial charge in [0.2, 0.25) is 0 Å². The molecule has 3 rings (SSSR count). The Morgan fingerprint density at radius 1 is 1.44 bits per heavy atom. The van der Waals surface area contributed by atoms with Gasteiger partial charge in [0.05, 0.1) is 6.04 Å². The molecule has 96 valence electrons. The van der Waals surface area contributed by atoms with Gasteiger partial charge >= 0.3 is 0 Å². The van der Waals surface area contributed by atoms with Crippen molar-refractivity contribution in [1.29, 1.82) is 0 Å². The number of hydrogen-bond acceptors (Lipinski definition) is 5. The summed E-state index contributed by atoms with van der Waals surface area (Å²) in [6.45, 7) is 1.92. The van der Waals surface area contributed by atoms with Crippen LogP contribution in [-0.4, -0.2) is 14.3 Å². The maximum atomic E-state index is 5.79. The summed E-state index contributed by atoms with van der Waals surface area (Å²) in [6, 6.07) is 4.01. The number of rotatable bonds is 3. The molecular weight excluding hydrogens is 268 g/mol. The second-order valence-corrected chi connectivity index (χ2v) is 5.27. The molecule has 2 aromatic rings. The Bertz CT molecular complexity index is 536. The van der Waals surface area contributed by atoms with Crippen molar-refractivity contribution in [3.8, 4) is 11.4 Å². The van der Waals surface area contributed by atoms with Gasteiger partial charge < -0.3 is 5.73 Å². The Labute approximate surface area is 116 Å². The number of nitrogens with zero attached hydrogens (tertiary/aromatic N) is 3. The molecule has 6 heteroatoms. The molecular formula is C12H15ClN4S. The van der Waals surface area contributed by atoms with Crippen LogP contribution in [0.2, 0.25) is 0 Å². The molecule has 1 aliphatic rings. The molecule has 0 aromatic carbocycles. The van der Waals surface area contributed by atoms with Crippen molar-refractivity contribution in [2.75, 3.05) is 0 Å². The number of aromatic nitrogens is 3. The molecule has 1 aliphatic carbocycles. The first-order valence-corrected chi connectivity index (χ1v) is 6.57. The molecule has 0 unspecified atom stereocenters. The lowest BCUT2D eigenvalue weighted by Crippen LogP contribution is -2.03. The minimum atomic E-state index is -0.0500. The zero-order valence-electron chi connectivity index (χ0n) is 10.0. The van der Waals surface area contributed by atoms with Gasteiger partial charge in [-0.2, -0.15) is 4.37 Å². The van der Waals surface area contributed by atoms with E-state index in [4.69, 9.17) is 5.73 Å². The van der Waals surface area contributed by atoms with E-state index in [1.54, 1.807) is 0 Å². The van der Waals surface area contributed by atoms with Gasteiger partial charge in [-0.05, 0) is 43.4 Å². The number of hydrogen-bond donors (Lipinski definition) is 1. The van der Waals surface area contributed by atoms with Crippen LogP contribution >= 0.6 is 23.9 Å². The SMILES string of the molecule is C[C@H](N)c1nc(-c2ccnc(C3CC3)c2)ns1.Cl. The average Bonchev–Trinajstić information content (AvgIpc) is 3.06. The molecule has 0 radical (unpaired) electrons. The molecule has 2 aromatic heterocycles. The van der Waals surface area contributed by atoms with Gasteiger partial charge in [-0.3, -0.25) is 4.98 Å². The number of pyridine rings is 1. The van der Waals surface area contributed by atoms with E-state index in [0.717, 1.165) is 16.4 Å². The van der Waals surface area contributed by atoms with Crippen molar-refractivity contribution in [2.24, 2.45) is 5.73 Å². The molecule has 1 saturated carbocycles. The first kappa shape index (κ1) is 13.4. The van der Waals surface area contributed by atoms with Crippen molar-refractivity contribution in [2.45, 2.75) is 31.7 Å². The van der Waals surface area contributed by atoms with Crippen molar-refractivity contribution in [3.63, 3.8) is 0 Å². The Kier molecular flexibility index (Phi) is 3.94. The highest BCUT2D eigenvalue weighted by molar-refractivity contribution is 7.05. The number of halogens is 1. The second-order valence-electron chi connectivity index (χ2n) is 4.49. The van der Waals surface area contributed by atoms with Crippen LogP contribution in [0.5, 0.6) is 0 Å². The molecule has 0 saturated heterocycles. The third-order valence-electron chi connectivity index (χ3n) is 2.87. The molecule has 4 nitrogen and oxygen atoms in total. The van der Waals surface area contributed by atoms with Crippen LogP contribution in [0.3, 0.4) is 0 Å². The summed E-state index contributed by atoms with van der Waals surface area (Å²) in [6.07, 6.45) is 4.35. The summed E-state index contributed by atoms with van der Waals surface area (Å²) >= 11 is 1.38. The minimum absolute atomic E-state index is 0. The molecule has 0 amide bonds. The lowest BCUT2D eigenvalue weighted by atomic mass is 10.2. The maximum absolute atomic E-state index is 5.79. The van der Waals surface area contributed by atoms with Crippen molar-refractivity contribution in [1.82, 2.24) is 14.3 Å². The Balaban J connectivity index is 0.00000120. The summed E-state index contributed by atoms with van der Waals surface area (Å²) in [5, 5.41) is 0.879. The lowest BCUT2D eigenvalue weighted by Gasteiger charge is -2.00. The Morgan fingerprint density at radius 2 is 2.22 bits per heavy atom. The second kappa shape index (κ2) is 5.30. The van der Waals surface area contributed by atoms with Gasteiger partial charge in [0, 0.05) is 23.4 Å². The minimum Gasteiger partial charge on any atom is -0.322 e. The predicted molar refractivity (Wildman–Crippen MR) is 75.0 cm³/mol. The highest BCUT2D eigenvalue weighted by atomic mass is 35.5. The topological polar surface area (TPSA) is 64.7 Å². The summed E-state index contributed by atoms with van der Waals surface area (Å²) in [4.78, 5) is 8.85. The summed E-state index contributed by atoms with van der Waals surface area (Å²) in [7, 11) is 0. The van der Waals surface area contributed by atoms with Crippen molar-refractivity contribution < 1.29 is 0 Å². The van der Waals surface area contributed by atoms with Crippen LogP contribution < -0.4 is 5.73 Å². The quantitative estimate of drug-likeness (QED) is 0.940. The highest BCUT2D eigenvalue weighted by Gasteiger charge is 2.25. The van der Waals surface area contributed by atoms with E-state index in [0.29, 0.717) is 5.92 Å². The largest absolute Gasteiger partial charge is 0.322 e. The van der Waals surface area contributed by atoms with E-state index < -0.39 is 0 Å². The van der Waals surface area contributed by atoms with E-state index in [1.165, 1.54) is 30.1 Å². The van der Waals surface area contributed by atoms with E-state index in [-0.39, 0.29) is 18.4 Å². The molecule has 0 bridgehead atoms. The third-order valence-corrected chi connectivity index (χ3v) is 3.78. The summed E-state index contributed by atoms with van der Waals surface area (Å²) in [5.41, 5.74) is 8.00. The molecule has 1 atom stereocenters. The summed E-state index contributed by atoms with van der Waals surface area (Å²) < 4.78 is 4.35. The first-order valence-electron chi connectivity index (χ1n) is 5.79. The monoisotopic (exact) mass is 282 g/mol. The molecule has 1 fully saturated rings. The van der Waals surface area contributed by atoms with E-state index in [9.17, 15) is 0 Å². The fourth-order valence-electron chi connectivity index (χ4n) is 1.73. The van der Waals surface area contributed by atoms with Crippen molar-refractivity contribution >= 4 is 23.9 Å². The van der Waals surface area contributed by atoms with Crippen LogP contribution in [0.1, 0.15) is 42.4 Å². The standard InChI is InChI=1S/C12H14N4S.ClH/c1-7(13)12-15-11(16-17-12)9-4-5-14-10(6-9)8-2-3-8;/h4-8H,2-3,13H2,1H3;1H/t7-;/m0./s1. The predicted octanol–water partition coefficient (Wildman–Crippen LogP) is 2.92. The van der Waals surface area contributed by atoms with Gasteiger partial charge in [0.1, 0.15) is 5.01 Å². The van der Waals surface area contributed by atoms with E-state index in [1.807, 2.05) is 19.2 Å². The van der Waals surface area contributed by atoms with Gasteiger partial charge in [-0.1, -0.05) is 0 Å². The number of nitrogens with two attached hydrogens (primary N) is 1. The van der Waals surface area contributed by atoms with Crippen LogP contribution in [0.15, 0.2) is 18.3 Å². The first-order chi connectivity index (χ1) is 8.24. The van der Waals surface area contributed by atoms with Crippen LogP contribution in [-0.2, 0) is 0 Å². The Morgan fingerprint density at radius 3 is 2.83 bits per heavy atom. The molecule has 2 N–H and O–H groups in total. The van der Waals surface area contributed by atoms with Gasteiger partial charge in [0.25, 0.3) is 0 Å². The maximum Gasteiger partial charge on any atom is 0.173 e. The van der Waals surface area contributed by atoms with Gasteiger partial charge in [-0.15, -0.1) is 12.4 Å². The van der Waals surface area contributed by atoms with Crippen LogP contribution in [0.4, 0.5) is 0 Å². The van der Waals surface area contributed by atoms with Gasteiger partial charge in [-0.25, -0.2) is 4.98 Å². The van der Waals surface area contributed by atoms with Crippen LogP contribution in [0.25, 0.3) is 11.4 Å². The fraction of sp³-hybridized carbons (Fsp3) is 0.417. The molecule has 2 heterocycles. The third kappa shape index (κ3) is 2.68. The fourth-order valence-corrected chi connectivity index (χ4v) is 2.35.